The van der Waals surface area contributed by atoms with E-state index in [0.29, 0.717) is 0 Å². The average Bonchev–Trinajstić information content (AvgIpc) is 2.35. The second-order valence-electron chi connectivity index (χ2n) is 3.88. The minimum atomic E-state index is -5.40. The van der Waals surface area contributed by atoms with Crippen LogP contribution in [0.1, 0.15) is 0 Å². The van der Waals surface area contributed by atoms with Crippen LogP contribution in [0.25, 0.3) is 0 Å². The fourth-order valence-electron chi connectivity index (χ4n) is 1.43. The van der Waals surface area contributed by atoms with E-state index < -0.39 is 25.6 Å². The van der Waals surface area contributed by atoms with E-state index >= 15 is 0 Å². The molecule has 1 unspecified atom stereocenters. The Balaban J connectivity index is 3.01. The second-order valence-corrected chi connectivity index (χ2v) is 6.41. The Morgan fingerprint density at radius 1 is 1.35 bits per heavy atom. The van der Waals surface area contributed by atoms with Crippen molar-refractivity contribution in [2.75, 3.05) is 25.6 Å². The molecule has 0 spiro atoms. The van der Waals surface area contributed by atoms with Crippen LogP contribution in [0.5, 0.6) is 0 Å². The number of sulfone groups is 1. The van der Waals surface area contributed by atoms with Crippen molar-refractivity contribution in [3.05, 3.63) is 24.3 Å². The van der Waals surface area contributed by atoms with Crippen molar-refractivity contribution in [3.8, 4) is 0 Å². The van der Waals surface area contributed by atoms with E-state index in [-0.39, 0.29) is 18.8 Å². The third kappa shape index (κ3) is 4.00. The molecule has 1 atom stereocenters. The monoisotopic (exact) mass is 331 g/mol. The Bertz CT molecular complexity index is 548. The van der Waals surface area contributed by atoms with E-state index in [9.17, 15) is 21.6 Å². The summed E-state index contributed by atoms with van der Waals surface area (Å²) in [6.45, 7) is 0.253. The van der Waals surface area contributed by atoms with Gasteiger partial charge in [-0.2, -0.15) is 13.2 Å². The third-order valence-corrected chi connectivity index (χ3v) is 4.17. The molecule has 20 heavy (non-hydrogen) atoms. The lowest BCUT2D eigenvalue weighted by atomic mass is 10.3. The van der Waals surface area contributed by atoms with Crippen LogP contribution in [-0.4, -0.2) is 39.6 Å². The van der Waals surface area contributed by atoms with Gasteiger partial charge in [0, 0.05) is 13.7 Å². The molecule has 1 aromatic rings. The largest absolute Gasteiger partial charge is 0.501 e. The first-order valence-corrected chi connectivity index (χ1v) is 7.39. The quantitative estimate of drug-likeness (QED) is 0.814. The molecule has 9 heteroatoms. The Kier molecular flexibility index (Phi) is 5.67. The molecule has 0 bridgehead atoms. The highest BCUT2D eigenvalue weighted by Gasteiger charge is 2.47. The van der Waals surface area contributed by atoms with Gasteiger partial charge in [-0.1, -0.05) is 12.1 Å². The summed E-state index contributed by atoms with van der Waals surface area (Å²) in [7, 11) is -3.98. The molecule has 1 aromatic carbocycles. The number of benzene rings is 1. The predicted molar refractivity (Wildman–Crippen MR) is 69.7 cm³/mol. The van der Waals surface area contributed by atoms with Crippen molar-refractivity contribution in [1.82, 2.24) is 0 Å². The fraction of sp³-hybridized carbons (Fsp3) is 0.455. The number of alkyl halides is 4. The van der Waals surface area contributed by atoms with E-state index in [1.807, 2.05) is 0 Å². The molecular weight excluding hydrogens is 319 g/mol. The van der Waals surface area contributed by atoms with Gasteiger partial charge < -0.3 is 10.1 Å². The first-order valence-electron chi connectivity index (χ1n) is 5.47. The predicted octanol–water partition coefficient (Wildman–Crippen LogP) is 2.65. The van der Waals surface area contributed by atoms with Gasteiger partial charge in [-0.15, -0.1) is 11.6 Å². The SMILES string of the molecule is COCC(Cl)CNc1ccccc1S(=O)(=O)C(F)(F)F. The number of hydrogen-bond acceptors (Lipinski definition) is 4. The van der Waals surface area contributed by atoms with Crippen LogP contribution in [-0.2, 0) is 14.6 Å². The Hall–Kier alpha value is -0.990. The molecule has 1 N–H and O–H groups in total. The van der Waals surface area contributed by atoms with Crippen LogP contribution >= 0.6 is 11.6 Å². The van der Waals surface area contributed by atoms with Crippen molar-refractivity contribution in [2.24, 2.45) is 0 Å². The molecule has 0 amide bonds. The fourth-order valence-corrected chi connectivity index (χ4v) is 2.57. The number of hydrogen-bond donors (Lipinski definition) is 1. The molecule has 0 radical (unpaired) electrons. The smallest absolute Gasteiger partial charge is 0.383 e. The molecule has 114 valence electrons. The van der Waals surface area contributed by atoms with Crippen LogP contribution in [0.2, 0.25) is 0 Å². The van der Waals surface area contributed by atoms with Gasteiger partial charge in [-0.3, -0.25) is 0 Å². The highest BCUT2D eigenvalue weighted by atomic mass is 35.5. The van der Waals surface area contributed by atoms with Crippen molar-refractivity contribution in [2.45, 2.75) is 15.8 Å². The van der Waals surface area contributed by atoms with Crippen molar-refractivity contribution in [1.29, 1.82) is 0 Å². The Morgan fingerprint density at radius 2 is 1.95 bits per heavy atom. The summed E-state index contributed by atoms with van der Waals surface area (Å²) in [5.41, 5.74) is -5.50. The molecule has 0 aliphatic heterocycles. The van der Waals surface area contributed by atoms with Gasteiger partial charge in [0.15, 0.2) is 0 Å². The number of ether oxygens (including phenoxy) is 1. The molecule has 4 nitrogen and oxygen atoms in total. The molecule has 0 aliphatic carbocycles. The van der Waals surface area contributed by atoms with Crippen LogP contribution in [0.3, 0.4) is 0 Å². The molecule has 0 saturated heterocycles. The zero-order chi connectivity index (χ0) is 15.4. The highest BCUT2D eigenvalue weighted by molar-refractivity contribution is 7.92. The zero-order valence-electron chi connectivity index (χ0n) is 10.4. The van der Waals surface area contributed by atoms with Crippen molar-refractivity contribution >= 4 is 27.1 Å². The highest BCUT2D eigenvalue weighted by Crippen LogP contribution is 2.34. The maximum absolute atomic E-state index is 12.6. The first kappa shape index (κ1) is 17.1. The lowest BCUT2D eigenvalue weighted by Crippen LogP contribution is -2.25. The lowest BCUT2D eigenvalue weighted by molar-refractivity contribution is -0.0435. The molecule has 0 heterocycles. The summed E-state index contributed by atoms with van der Waals surface area (Å²) in [6, 6.07) is 4.79. The lowest BCUT2D eigenvalue weighted by Gasteiger charge is -2.15. The molecule has 0 fully saturated rings. The summed E-state index contributed by atoms with van der Waals surface area (Å²) < 4.78 is 65.3. The van der Waals surface area contributed by atoms with Crippen LogP contribution in [0.4, 0.5) is 18.9 Å². The minimum absolute atomic E-state index is 0.0692. The molecule has 0 aromatic heterocycles. The van der Waals surface area contributed by atoms with Crippen LogP contribution in [0.15, 0.2) is 29.2 Å². The first-order chi connectivity index (χ1) is 9.20. The van der Waals surface area contributed by atoms with Gasteiger partial charge in [-0.05, 0) is 12.1 Å². The molecular formula is C11H13ClF3NO3S. The molecule has 1 rings (SSSR count). The number of methoxy groups -OCH3 is 1. The van der Waals surface area contributed by atoms with Gasteiger partial charge in [0.1, 0.15) is 0 Å². The summed E-state index contributed by atoms with van der Waals surface area (Å²) >= 11 is 5.83. The van der Waals surface area contributed by atoms with Crippen molar-refractivity contribution < 1.29 is 26.3 Å². The number of rotatable bonds is 6. The maximum Gasteiger partial charge on any atom is 0.501 e. The number of para-hydroxylation sites is 1. The normalized spacial score (nSPS) is 14.1. The van der Waals surface area contributed by atoms with E-state index in [4.69, 9.17) is 16.3 Å². The number of anilines is 1. The van der Waals surface area contributed by atoms with Gasteiger partial charge in [0.2, 0.25) is 0 Å². The van der Waals surface area contributed by atoms with E-state index in [1.54, 1.807) is 0 Å². The summed E-state index contributed by atoms with van der Waals surface area (Å²) in [5, 5.41) is 2.09. The second kappa shape index (κ2) is 6.64. The van der Waals surface area contributed by atoms with Crippen LogP contribution in [0, 0.1) is 0 Å². The summed E-state index contributed by atoms with van der Waals surface area (Å²) in [4.78, 5) is -0.825. The van der Waals surface area contributed by atoms with Crippen molar-refractivity contribution in [3.63, 3.8) is 0 Å². The number of nitrogens with one attached hydrogen (secondary N) is 1. The van der Waals surface area contributed by atoms with Gasteiger partial charge in [0.05, 0.1) is 22.6 Å². The van der Waals surface area contributed by atoms with Gasteiger partial charge in [-0.25, -0.2) is 8.42 Å². The summed E-state index contributed by atoms with van der Waals surface area (Å²) in [5.74, 6) is 0. The van der Waals surface area contributed by atoms with Gasteiger partial charge >= 0.3 is 5.51 Å². The Morgan fingerprint density at radius 3 is 2.50 bits per heavy atom. The van der Waals surface area contributed by atoms with E-state index in [1.165, 1.54) is 25.3 Å². The minimum Gasteiger partial charge on any atom is -0.383 e. The standard InChI is InChI=1S/C11H13ClF3NO3S/c1-19-7-8(12)6-16-9-4-2-3-5-10(9)20(17,18)11(13,14)15/h2-5,8,16H,6-7H2,1H3. The van der Waals surface area contributed by atoms with E-state index in [2.05, 4.69) is 5.32 Å². The summed E-state index contributed by atoms with van der Waals surface area (Å²) in [6.07, 6.45) is 0. The number of halogens is 4. The maximum atomic E-state index is 12.6. The van der Waals surface area contributed by atoms with Crippen LogP contribution < -0.4 is 5.32 Å². The van der Waals surface area contributed by atoms with Gasteiger partial charge in [0.25, 0.3) is 9.84 Å². The molecule has 0 aliphatic rings. The topological polar surface area (TPSA) is 55.4 Å². The van der Waals surface area contributed by atoms with E-state index in [0.717, 1.165) is 6.07 Å². The Labute approximate surface area is 119 Å². The average molecular weight is 332 g/mol. The third-order valence-electron chi connectivity index (χ3n) is 2.34. The zero-order valence-corrected chi connectivity index (χ0v) is 12.0. The molecule has 0 saturated carbocycles.